The van der Waals surface area contributed by atoms with Gasteiger partial charge in [-0.3, -0.25) is 14.4 Å². The van der Waals surface area contributed by atoms with Crippen molar-refractivity contribution >= 4 is 32.1 Å². The monoisotopic (exact) mass is 575 g/mol. The maximum atomic E-state index is 13.4. The van der Waals surface area contributed by atoms with E-state index in [-0.39, 0.29) is 30.4 Å². The highest BCUT2D eigenvalue weighted by molar-refractivity contribution is 6.74. The Morgan fingerprint density at radius 3 is 1.95 bits per heavy atom. The smallest absolute Gasteiger partial charge is 0.339 e. The van der Waals surface area contributed by atoms with E-state index in [2.05, 4.69) is 39.2 Å². The van der Waals surface area contributed by atoms with Crippen LogP contribution < -0.4 is 5.32 Å². The van der Waals surface area contributed by atoms with E-state index >= 15 is 0 Å². The molecule has 2 rings (SSSR count). The minimum absolute atomic E-state index is 0.143. The molecule has 0 aromatic rings. The van der Waals surface area contributed by atoms with Crippen molar-refractivity contribution in [2.45, 2.75) is 108 Å². The summed E-state index contributed by atoms with van der Waals surface area (Å²) in [6.45, 7) is 15.4. The molecule has 2 saturated heterocycles. The van der Waals surface area contributed by atoms with E-state index in [1.165, 1.54) is 6.92 Å². The van der Waals surface area contributed by atoms with Crippen molar-refractivity contribution < 1.29 is 52.0 Å². The normalized spacial score (nSPS) is 27.9. The van der Waals surface area contributed by atoms with Crippen LogP contribution in [0.15, 0.2) is 0 Å². The van der Waals surface area contributed by atoms with Gasteiger partial charge >= 0.3 is 17.9 Å². The van der Waals surface area contributed by atoms with Gasteiger partial charge in [0.2, 0.25) is 5.91 Å². The molecule has 12 nitrogen and oxygen atoms in total. The predicted molar refractivity (Wildman–Crippen MR) is 141 cm³/mol. The fraction of sp³-hybridized carbons (Fsp3) is 0.846. The van der Waals surface area contributed by atoms with Gasteiger partial charge in [-0.1, -0.05) is 20.8 Å². The van der Waals surface area contributed by atoms with E-state index in [9.17, 15) is 19.2 Å². The second-order valence-corrected chi connectivity index (χ2v) is 16.8. The lowest BCUT2D eigenvalue weighted by molar-refractivity contribution is -0.234. The Labute approximate surface area is 231 Å². The van der Waals surface area contributed by atoms with Gasteiger partial charge < -0.3 is 38.2 Å². The van der Waals surface area contributed by atoms with Crippen molar-refractivity contribution in [3.63, 3.8) is 0 Å². The molecule has 13 heteroatoms. The Morgan fingerprint density at radius 2 is 1.54 bits per heavy atom. The van der Waals surface area contributed by atoms with E-state index < -0.39 is 67.9 Å². The summed E-state index contributed by atoms with van der Waals surface area (Å²) in [6.07, 6.45) is -2.55. The third-order valence-corrected chi connectivity index (χ3v) is 12.3. The van der Waals surface area contributed by atoms with Crippen molar-refractivity contribution in [1.29, 1.82) is 0 Å². The van der Waals surface area contributed by atoms with Crippen LogP contribution in [-0.2, 0) is 52.0 Å². The number of esters is 3. The first-order valence-corrected chi connectivity index (χ1v) is 15.9. The molecule has 0 aromatic carbocycles. The van der Waals surface area contributed by atoms with E-state index in [0.29, 0.717) is 0 Å². The molecule has 0 spiro atoms. The number of methoxy groups -OCH3 is 3. The van der Waals surface area contributed by atoms with Crippen LogP contribution in [0, 0.1) is 5.92 Å². The number of carbonyl (C=O) groups excluding carboxylic acids is 4. The van der Waals surface area contributed by atoms with Gasteiger partial charge in [-0.15, -0.1) is 0 Å². The number of ether oxygens (including phenoxy) is 6. The van der Waals surface area contributed by atoms with Gasteiger partial charge in [0.25, 0.3) is 0 Å². The summed E-state index contributed by atoms with van der Waals surface area (Å²) in [4.78, 5) is 51.5. The molecule has 2 aliphatic rings. The van der Waals surface area contributed by atoms with Crippen molar-refractivity contribution in [2.75, 3.05) is 27.9 Å². The highest BCUT2D eigenvalue weighted by atomic mass is 28.4. The van der Waals surface area contributed by atoms with Crippen molar-refractivity contribution in [2.24, 2.45) is 5.92 Å². The molecule has 0 saturated carbocycles. The van der Waals surface area contributed by atoms with Crippen LogP contribution in [0.4, 0.5) is 0 Å². The van der Waals surface area contributed by atoms with E-state index in [1.807, 2.05) is 0 Å². The molecule has 2 heterocycles. The zero-order chi connectivity index (χ0) is 30.0. The Morgan fingerprint density at radius 1 is 0.974 bits per heavy atom. The molecule has 1 amide bonds. The van der Waals surface area contributed by atoms with Crippen LogP contribution in [0.5, 0.6) is 0 Å². The summed E-state index contributed by atoms with van der Waals surface area (Å²) in [5, 5.41) is 2.67. The quantitative estimate of drug-likeness (QED) is 0.187. The van der Waals surface area contributed by atoms with Crippen LogP contribution in [0.25, 0.3) is 0 Å². The summed E-state index contributed by atoms with van der Waals surface area (Å²) >= 11 is 0. The molecule has 5 atom stereocenters. The maximum absolute atomic E-state index is 13.4. The number of hydrogen-bond donors (Lipinski definition) is 1. The lowest BCUT2D eigenvalue weighted by Crippen LogP contribution is -2.67. The van der Waals surface area contributed by atoms with E-state index in [4.69, 9.17) is 32.8 Å². The second kappa shape index (κ2) is 12.2. The second-order valence-electron chi connectivity index (χ2n) is 12.0. The fourth-order valence-electron chi connectivity index (χ4n) is 4.74. The average molecular weight is 576 g/mol. The number of carbonyl (C=O) groups is 4. The molecule has 2 aliphatic heterocycles. The Bertz CT molecular complexity index is 915. The Kier molecular flexibility index (Phi) is 10.4. The summed E-state index contributed by atoms with van der Waals surface area (Å²) in [7, 11) is 0.796. The molecular formula is C26H45NO11Si. The van der Waals surface area contributed by atoms with Crippen LogP contribution >= 0.6 is 0 Å². The lowest BCUT2D eigenvalue weighted by Gasteiger charge is -2.50. The first-order chi connectivity index (χ1) is 17.9. The molecule has 0 aromatic heterocycles. The van der Waals surface area contributed by atoms with Crippen molar-refractivity contribution in [3.8, 4) is 0 Å². The molecular weight excluding hydrogens is 530 g/mol. The number of hydrogen-bond acceptors (Lipinski definition) is 11. The van der Waals surface area contributed by atoms with Crippen molar-refractivity contribution in [1.82, 2.24) is 5.32 Å². The van der Waals surface area contributed by atoms with Crippen LogP contribution in [0.2, 0.25) is 18.1 Å². The van der Waals surface area contributed by atoms with Crippen LogP contribution in [0.3, 0.4) is 0 Å². The zero-order valence-corrected chi connectivity index (χ0v) is 26.0. The van der Waals surface area contributed by atoms with E-state index in [0.717, 1.165) is 21.3 Å². The topological polar surface area (TPSA) is 145 Å². The SMILES string of the molecule is COC(=O)C(C(=O)OC)[C@]1(C(=O)OC)CC[C@@H](NC(C)=O)[C@H]([C@H](O[Si](C)(C)C(C)(C)C)[C@H]2COC(C)(C)O2)O1. The molecule has 39 heavy (non-hydrogen) atoms. The Balaban J connectivity index is 2.74. The van der Waals surface area contributed by atoms with Gasteiger partial charge in [0.15, 0.2) is 25.6 Å². The molecule has 2 fully saturated rings. The van der Waals surface area contributed by atoms with Crippen LogP contribution in [-0.4, -0.2) is 95.8 Å². The Hall–Kier alpha value is -2.06. The maximum Gasteiger partial charge on any atom is 0.339 e. The molecule has 224 valence electrons. The minimum Gasteiger partial charge on any atom is -0.468 e. The first-order valence-electron chi connectivity index (χ1n) is 13.0. The number of nitrogens with one attached hydrogen (secondary N) is 1. The molecule has 0 aliphatic carbocycles. The summed E-state index contributed by atoms with van der Waals surface area (Å²) in [5.74, 6) is -6.03. The lowest BCUT2D eigenvalue weighted by atomic mass is 9.77. The summed E-state index contributed by atoms with van der Waals surface area (Å²) in [6, 6.07) is -0.654. The first kappa shape index (κ1) is 33.1. The van der Waals surface area contributed by atoms with Gasteiger partial charge in [0.1, 0.15) is 18.3 Å². The predicted octanol–water partition coefficient (Wildman–Crippen LogP) is 2.09. The number of rotatable bonds is 9. The molecule has 0 bridgehead atoms. The largest absolute Gasteiger partial charge is 0.468 e. The molecule has 0 unspecified atom stereocenters. The highest BCUT2D eigenvalue weighted by Gasteiger charge is 2.62. The van der Waals surface area contributed by atoms with Gasteiger partial charge in [-0.2, -0.15) is 0 Å². The van der Waals surface area contributed by atoms with Gasteiger partial charge in [-0.05, 0) is 44.8 Å². The zero-order valence-electron chi connectivity index (χ0n) is 25.0. The average Bonchev–Trinajstić information content (AvgIpc) is 3.20. The summed E-state index contributed by atoms with van der Waals surface area (Å²) in [5.41, 5.74) is -2.11. The fourth-order valence-corrected chi connectivity index (χ4v) is 6.06. The third-order valence-electron chi connectivity index (χ3n) is 7.79. The summed E-state index contributed by atoms with van der Waals surface area (Å²) < 4.78 is 40.3. The van der Waals surface area contributed by atoms with Gasteiger partial charge in [0, 0.05) is 6.92 Å². The minimum atomic E-state index is -2.53. The molecule has 0 radical (unpaired) electrons. The van der Waals surface area contributed by atoms with Gasteiger partial charge in [0.05, 0.1) is 34.0 Å². The van der Waals surface area contributed by atoms with Gasteiger partial charge in [-0.25, -0.2) is 4.79 Å². The van der Waals surface area contributed by atoms with Crippen molar-refractivity contribution in [3.05, 3.63) is 0 Å². The van der Waals surface area contributed by atoms with E-state index in [1.54, 1.807) is 13.8 Å². The standard InChI is InChI=1S/C26H45NO11Si/c1-15(28)27-16-12-13-26(23(31)34-9,18(21(29)32-7)22(30)33-8)37-19(16)20(17-14-35-25(5,6)36-17)38-39(10,11)24(2,3)4/h16-20H,12-14H2,1-11H3,(H,27,28)/t16-,17-,19-,20-,26+/m1/s1. The number of amides is 1. The highest BCUT2D eigenvalue weighted by Crippen LogP contribution is 2.44. The van der Waals surface area contributed by atoms with Crippen LogP contribution in [0.1, 0.15) is 54.4 Å². The third kappa shape index (κ3) is 7.18. The molecule has 1 N–H and O–H groups in total.